The number of rotatable bonds is 4. The molecule has 2 aromatic rings. The van der Waals surface area contributed by atoms with Crippen LogP contribution in [-0.4, -0.2) is 28.0 Å². The molecule has 1 fully saturated rings. The minimum atomic E-state index is 0.0265. The molecule has 1 aliphatic heterocycles. The third-order valence-corrected chi connectivity index (χ3v) is 5.22. The fourth-order valence-electron chi connectivity index (χ4n) is 2.51. The van der Waals surface area contributed by atoms with Crippen molar-refractivity contribution in [2.75, 3.05) is 12.4 Å². The first-order valence-electron chi connectivity index (χ1n) is 7.13. The summed E-state index contributed by atoms with van der Waals surface area (Å²) in [5.74, 6) is 0.856. The molecule has 1 aromatic heterocycles. The maximum atomic E-state index is 12.6. The van der Waals surface area contributed by atoms with E-state index < -0.39 is 0 Å². The second-order valence-corrected chi connectivity index (χ2v) is 6.95. The van der Waals surface area contributed by atoms with Crippen molar-refractivity contribution in [3.05, 3.63) is 33.0 Å². The van der Waals surface area contributed by atoms with Crippen molar-refractivity contribution >= 4 is 38.6 Å². The van der Waals surface area contributed by atoms with E-state index >= 15 is 0 Å². The lowest BCUT2D eigenvalue weighted by Crippen LogP contribution is -2.23. The summed E-state index contributed by atoms with van der Waals surface area (Å²) in [7, 11) is 0. The first-order chi connectivity index (χ1) is 10.2. The van der Waals surface area contributed by atoms with Gasteiger partial charge in [0.1, 0.15) is 0 Å². The Bertz CT molecular complexity index is 711. The fourth-order valence-corrected chi connectivity index (χ4v) is 3.99. The number of aromatic nitrogens is 2. The normalized spacial score (nSPS) is 18.5. The van der Waals surface area contributed by atoms with Gasteiger partial charge in [-0.05, 0) is 38.0 Å². The van der Waals surface area contributed by atoms with Crippen LogP contribution in [0, 0.1) is 0 Å². The Kier molecular flexibility index (Phi) is 4.66. The molecule has 0 amide bonds. The fraction of sp³-hybridized carbons (Fsp3) is 0.467. The Morgan fingerprint density at radius 1 is 1.52 bits per heavy atom. The van der Waals surface area contributed by atoms with Gasteiger partial charge in [0, 0.05) is 23.4 Å². The average molecular weight is 369 g/mol. The molecule has 1 atom stereocenters. The van der Waals surface area contributed by atoms with Crippen LogP contribution in [0.2, 0.25) is 0 Å². The zero-order valence-corrected chi connectivity index (χ0v) is 14.2. The molecule has 112 valence electrons. The highest BCUT2D eigenvalue weighted by Gasteiger charge is 2.18. The lowest BCUT2D eigenvalue weighted by atomic mass is 10.2. The summed E-state index contributed by atoms with van der Waals surface area (Å²) in [5.41, 5.74) is 0.779. The molecule has 0 aliphatic carbocycles. The largest absolute Gasteiger partial charge is 0.377 e. The number of thioether (sulfide) groups is 1. The van der Waals surface area contributed by atoms with Gasteiger partial charge in [-0.25, -0.2) is 4.98 Å². The van der Waals surface area contributed by atoms with E-state index in [0.29, 0.717) is 11.9 Å². The first kappa shape index (κ1) is 15.1. The maximum absolute atomic E-state index is 12.6. The zero-order chi connectivity index (χ0) is 14.8. The van der Waals surface area contributed by atoms with Crippen LogP contribution in [0.15, 0.2) is 32.6 Å². The van der Waals surface area contributed by atoms with Gasteiger partial charge in [0.2, 0.25) is 0 Å². The summed E-state index contributed by atoms with van der Waals surface area (Å²) in [5, 5.41) is 1.44. The third-order valence-electron chi connectivity index (χ3n) is 3.62. The Morgan fingerprint density at radius 3 is 3.10 bits per heavy atom. The van der Waals surface area contributed by atoms with Crippen LogP contribution in [0.1, 0.15) is 19.8 Å². The van der Waals surface area contributed by atoms with Crippen LogP contribution in [0.4, 0.5) is 0 Å². The lowest BCUT2D eigenvalue weighted by molar-refractivity contribution is 0.129. The predicted molar refractivity (Wildman–Crippen MR) is 89.1 cm³/mol. The van der Waals surface area contributed by atoms with Crippen molar-refractivity contribution < 1.29 is 4.74 Å². The number of fused-ring (bicyclic) bond motifs is 1. The average Bonchev–Trinajstić information content (AvgIpc) is 2.99. The van der Waals surface area contributed by atoms with Gasteiger partial charge in [0.05, 0.1) is 17.0 Å². The SMILES string of the molecule is CCn1c(SCC2CCCO2)nc2ccc(Br)cc2c1=O. The molecule has 2 heterocycles. The highest BCUT2D eigenvalue weighted by Crippen LogP contribution is 2.24. The van der Waals surface area contributed by atoms with E-state index in [1.807, 2.05) is 25.1 Å². The molecule has 4 nitrogen and oxygen atoms in total. The quantitative estimate of drug-likeness (QED) is 0.612. The summed E-state index contributed by atoms with van der Waals surface area (Å²) in [4.78, 5) is 17.2. The number of halogens is 1. The third kappa shape index (κ3) is 3.17. The smallest absolute Gasteiger partial charge is 0.262 e. The summed E-state index contributed by atoms with van der Waals surface area (Å²) in [6.07, 6.45) is 2.52. The predicted octanol–water partition coefficient (Wildman–Crippen LogP) is 3.45. The first-order valence-corrected chi connectivity index (χ1v) is 8.91. The molecule has 0 saturated carbocycles. The Balaban J connectivity index is 1.96. The van der Waals surface area contributed by atoms with E-state index in [4.69, 9.17) is 4.74 Å². The van der Waals surface area contributed by atoms with Gasteiger partial charge in [0.25, 0.3) is 5.56 Å². The van der Waals surface area contributed by atoms with Crippen LogP contribution >= 0.6 is 27.7 Å². The van der Waals surface area contributed by atoms with Crippen molar-refractivity contribution in [3.63, 3.8) is 0 Å². The molecule has 1 saturated heterocycles. The molecule has 1 aromatic carbocycles. The Morgan fingerprint density at radius 2 is 2.38 bits per heavy atom. The topological polar surface area (TPSA) is 44.1 Å². The highest BCUT2D eigenvalue weighted by molar-refractivity contribution is 9.10. The molecule has 0 radical (unpaired) electrons. The van der Waals surface area contributed by atoms with E-state index in [1.165, 1.54) is 0 Å². The highest BCUT2D eigenvalue weighted by atomic mass is 79.9. The monoisotopic (exact) mass is 368 g/mol. The van der Waals surface area contributed by atoms with Crippen LogP contribution in [0.5, 0.6) is 0 Å². The van der Waals surface area contributed by atoms with Crippen LogP contribution in [0.3, 0.4) is 0 Å². The Labute approximate surface area is 136 Å². The number of hydrogen-bond acceptors (Lipinski definition) is 4. The molecule has 6 heteroatoms. The molecule has 0 N–H and O–H groups in total. The van der Waals surface area contributed by atoms with Gasteiger partial charge in [-0.15, -0.1) is 0 Å². The molecular formula is C15H17BrN2O2S. The maximum Gasteiger partial charge on any atom is 0.262 e. The summed E-state index contributed by atoms with van der Waals surface area (Å²) >= 11 is 5.03. The van der Waals surface area contributed by atoms with Gasteiger partial charge in [-0.2, -0.15) is 0 Å². The Hall–Kier alpha value is -0.850. The number of nitrogens with zero attached hydrogens (tertiary/aromatic N) is 2. The van der Waals surface area contributed by atoms with E-state index in [2.05, 4.69) is 20.9 Å². The van der Waals surface area contributed by atoms with Crippen LogP contribution in [0.25, 0.3) is 10.9 Å². The molecule has 3 rings (SSSR count). The second kappa shape index (κ2) is 6.50. The van der Waals surface area contributed by atoms with E-state index in [1.54, 1.807) is 16.3 Å². The van der Waals surface area contributed by atoms with Crippen LogP contribution < -0.4 is 5.56 Å². The lowest BCUT2D eigenvalue weighted by Gasteiger charge is -2.13. The van der Waals surface area contributed by atoms with Gasteiger partial charge in [-0.3, -0.25) is 9.36 Å². The van der Waals surface area contributed by atoms with Crippen molar-refractivity contribution in [1.29, 1.82) is 0 Å². The zero-order valence-electron chi connectivity index (χ0n) is 11.8. The van der Waals surface area contributed by atoms with Gasteiger partial charge < -0.3 is 4.74 Å². The molecule has 21 heavy (non-hydrogen) atoms. The molecule has 1 unspecified atom stereocenters. The summed E-state index contributed by atoms with van der Waals surface area (Å²) in [6.45, 7) is 3.45. The number of benzene rings is 1. The molecule has 0 spiro atoms. The second-order valence-electron chi connectivity index (χ2n) is 5.05. The molecule has 0 bridgehead atoms. The molecular weight excluding hydrogens is 352 g/mol. The minimum Gasteiger partial charge on any atom is -0.377 e. The van der Waals surface area contributed by atoms with E-state index in [0.717, 1.165) is 40.3 Å². The number of ether oxygens (including phenoxy) is 1. The standard InChI is InChI=1S/C15H17BrN2O2S/c1-2-18-14(19)12-8-10(16)5-6-13(12)17-15(18)21-9-11-4-3-7-20-11/h5-6,8,11H,2-4,7,9H2,1H3. The summed E-state index contributed by atoms with van der Waals surface area (Å²) < 4.78 is 8.28. The van der Waals surface area contributed by atoms with Gasteiger partial charge in [-0.1, -0.05) is 27.7 Å². The number of hydrogen-bond donors (Lipinski definition) is 0. The minimum absolute atomic E-state index is 0.0265. The van der Waals surface area contributed by atoms with Crippen molar-refractivity contribution in [3.8, 4) is 0 Å². The van der Waals surface area contributed by atoms with Gasteiger partial charge >= 0.3 is 0 Å². The van der Waals surface area contributed by atoms with E-state index in [9.17, 15) is 4.79 Å². The molecule has 1 aliphatic rings. The summed E-state index contributed by atoms with van der Waals surface area (Å²) in [6, 6.07) is 5.64. The van der Waals surface area contributed by atoms with Crippen molar-refractivity contribution in [1.82, 2.24) is 9.55 Å². The van der Waals surface area contributed by atoms with Gasteiger partial charge in [0.15, 0.2) is 5.16 Å². The van der Waals surface area contributed by atoms with Crippen LogP contribution in [-0.2, 0) is 11.3 Å². The van der Waals surface area contributed by atoms with Crippen molar-refractivity contribution in [2.45, 2.75) is 37.6 Å². The van der Waals surface area contributed by atoms with Crippen molar-refractivity contribution in [2.24, 2.45) is 0 Å². The van der Waals surface area contributed by atoms with E-state index in [-0.39, 0.29) is 11.7 Å².